The standard InChI is InChI=1S/C27H28FN3O6S.H3O4P/c1-15-23-22(16(2)32)26(33)30(23)24(27(34)37-14-18-5-9-20(10-6-18)31(35)36)25(15)38-21-12-29(13-21)11-17-3-7-19(28)8-4-17;1-5(2,3)4/h3-10,15-16,21-23,32H,11-14H2,1-2H3;(H3,1,2,3,4)/t15-,16-,22-,23-;/m1./s1. The SMILES string of the molecule is C[C@@H](O)[C@H]1C(=O)N2C(C(=O)OCc3ccc([N+](=O)[O-])cc3)=C(SC3CN(Cc4ccc(F)cc4)C3)[C@H](C)[C@H]12.O=P(O)(O)O. The fourth-order valence-corrected chi connectivity index (χ4v) is 6.93. The van der Waals surface area contributed by atoms with Gasteiger partial charge in [-0.15, -0.1) is 11.8 Å². The molecule has 0 unspecified atom stereocenters. The van der Waals surface area contributed by atoms with Crippen LogP contribution in [-0.4, -0.2) is 76.9 Å². The van der Waals surface area contributed by atoms with Crippen LogP contribution in [0.2, 0.25) is 0 Å². The molecule has 2 fully saturated rings. The van der Waals surface area contributed by atoms with Gasteiger partial charge in [-0.2, -0.15) is 0 Å². The highest BCUT2D eigenvalue weighted by Gasteiger charge is 2.60. The van der Waals surface area contributed by atoms with E-state index in [1.54, 1.807) is 30.8 Å². The van der Waals surface area contributed by atoms with E-state index in [0.29, 0.717) is 12.1 Å². The van der Waals surface area contributed by atoms with Gasteiger partial charge in [-0.3, -0.25) is 19.8 Å². The van der Waals surface area contributed by atoms with Crippen LogP contribution in [0, 0.1) is 27.8 Å². The molecule has 16 heteroatoms. The van der Waals surface area contributed by atoms with Gasteiger partial charge in [0.2, 0.25) is 5.91 Å². The lowest BCUT2D eigenvalue weighted by Crippen LogP contribution is -2.63. The normalized spacial score (nSPS) is 22.6. The third kappa shape index (κ3) is 7.87. The van der Waals surface area contributed by atoms with Crippen LogP contribution in [0.5, 0.6) is 0 Å². The molecule has 1 amide bonds. The Kier molecular flexibility index (Phi) is 10.1. The maximum Gasteiger partial charge on any atom is 0.466 e. The minimum absolute atomic E-state index is 0.0572. The minimum atomic E-state index is -4.64. The molecule has 4 atom stereocenters. The molecule has 0 spiro atoms. The Morgan fingerprint density at radius 1 is 1.14 bits per heavy atom. The lowest BCUT2D eigenvalue weighted by atomic mass is 9.79. The van der Waals surface area contributed by atoms with Crippen LogP contribution in [-0.2, 0) is 32.0 Å². The number of halogens is 1. The predicted octanol–water partition coefficient (Wildman–Crippen LogP) is 2.54. The molecule has 13 nitrogen and oxygen atoms in total. The number of hydrogen-bond donors (Lipinski definition) is 4. The lowest BCUT2D eigenvalue weighted by Gasteiger charge is -2.46. The van der Waals surface area contributed by atoms with Crippen LogP contribution in [0.25, 0.3) is 0 Å². The minimum Gasteiger partial charge on any atom is -0.456 e. The van der Waals surface area contributed by atoms with E-state index in [-0.39, 0.29) is 46.9 Å². The number of rotatable bonds is 9. The molecule has 2 aromatic carbocycles. The van der Waals surface area contributed by atoms with Crippen molar-refractivity contribution in [3.8, 4) is 0 Å². The quantitative estimate of drug-likeness (QED) is 0.103. The van der Waals surface area contributed by atoms with Gasteiger partial charge in [0.25, 0.3) is 5.69 Å². The highest BCUT2D eigenvalue weighted by molar-refractivity contribution is 8.03. The average Bonchev–Trinajstić information content (AvgIpc) is 3.13. The molecule has 232 valence electrons. The van der Waals surface area contributed by atoms with Gasteiger partial charge in [0.05, 0.1) is 23.0 Å². The number of nitro benzene ring substituents is 1. The molecule has 3 aliphatic heterocycles. The fourth-order valence-electron chi connectivity index (χ4n) is 5.35. The Morgan fingerprint density at radius 3 is 2.23 bits per heavy atom. The monoisotopic (exact) mass is 639 g/mol. The van der Waals surface area contributed by atoms with Crippen LogP contribution in [0.4, 0.5) is 10.1 Å². The largest absolute Gasteiger partial charge is 0.466 e. The van der Waals surface area contributed by atoms with Gasteiger partial charge in [0.15, 0.2) is 0 Å². The zero-order chi connectivity index (χ0) is 31.6. The van der Waals surface area contributed by atoms with Crippen molar-refractivity contribution >= 4 is 37.1 Å². The Hall–Kier alpha value is -3.17. The Morgan fingerprint density at radius 2 is 1.70 bits per heavy atom. The second-order valence-corrected chi connectivity index (χ2v) is 12.9. The summed E-state index contributed by atoms with van der Waals surface area (Å²) in [4.78, 5) is 62.6. The molecule has 0 radical (unpaired) electrons. The number of nitrogens with zero attached hydrogens (tertiary/aromatic N) is 3. The van der Waals surface area contributed by atoms with Crippen molar-refractivity contribution in [3.05, 3.63) is 86.2 Å². The summed E-state index contributed by atoms with van der Waals surface area (Å²) in [5, 5.41) is 21.3. The number of non-ortho nitro benzene ring substituents is 1. The van der Waals surface area contributed by atoms with E-state index >= 15 is 0 Å². The summed E-state index contributed by atoms with van der Waals surface area (Å²) in [6, 6.07) is 11.9. The van der Waals surface area contributed by atoms with E-state index in [1.807, 2.05) is 6.92 Å². The van der Waals surface area contributed by atoms with E-state index in [1.165, 1.54) is 41.3 Å². The number of β-lactam (4-membered cyclic amide) rings is 1. The van der Waals surface area contributed by atoms with E-state index in [2.05, 4.69) is 4.90 Å². The molecule has 4 N–H and O–H groups in total. The lowest BCUT2D eigenvalue weighted by molar-refractivity contribution is -0.384. The molecular formula is C27H31FN3O10PS. The van der Waals surface area contributed by atoms with Gasteiger partial charge in [0.1, 0.15) is 18.1 Å². The number of nitro groups is 1. The maximum atomic E-state index is 13.3. The van der Waals surface area contributed by atoms with Crippen molar-refractivity contribution in [1.29, 1.82) is 0 Å². The van der Waals surface area contributed by atoms with Gasteiger partial charge in [-0.05, 0) is 42.3 Å². The Labute approximate surface area is 250 Å². The summed E-state index contributed by atoms with van der Waals surface area (Å²) < 4.78 is 27.6. The van der Waals surface area contributed by atoms with Gasteiger partial charge >= 0.3 is 13.8 Å². The summed E-state index contributed by atoms with van der Waals surface area (Å²) in [5.41, 5.74) is 1.79. The number of likely N-dealkylation sites (tertiary alicyclic amines) is 1. The molecule has 2 aromatic rings. The molecule has 3 aliphatic rings. The summed E-state index contributed by atoms with van der Waals surface area (Å²) >= 11 is 1.57. The van der Waals surface area contributed by atoms with Crippen molar-refractivity contribution in [2.24, 2.45) is 11.8 Å². The molecule has 0 saturated carbocycles. The van der Waals surface area contributed by atoms with E-state index in [0.717, 1.165) is 23.6 Å². The molecule has 5 rings (SSSR count). The zero-order valence-corrected chi connectivity index (χ0v) is 24.9. The number of amides is 1. The highest BCUT2D eigenvalue weighted by atomic mass is 32.2. The number of fused-ring (bicyclic) bond motifs is 1. The molecule has 0 aliphatic carbocycles. The van der Waals surface area contributed by atoms with Crippen molar-refractivity contribution in [2.45, 2.75) is 44.4 Å². The summed E-state index contributed by atoms with van der Waals surface area (Å²) in [5.74, 6) is -1.89. The Bertz CT molecular complexity index is 1440. The summed E-state index contributed by atoms with van der Waals surface area (Å²) in [6.07, 6.45) is -0.831. The molecule has 43 heavy (non-hydrogen) atoms. The molecule has 0 bridgehead atoms. The van der Waals surface area contributed by atoms with E-state index < -0.39 is 30.7 Å². The van der Waals surface area contributed by atoms with E-state index in [4.69, 9.17) is 24.0 Å². The molecular weight excluding hydrogens is 608 g/mol. The zero-order valence-electron chi connectivity index (χ0n) is 23.1. The van der Waals surface area contributed by atoms with Crippen LogP contribution < -0.4 is 0 Å². The number of ether oxygens (including phenoxy) is 1. The molecule has 0 aromatic heterocycles. The van der Waals surface area contributed by atoms with Gasteiger partial charge < -0.3 is 29.4 Å². The number of thioether (sulfide) groups is 1. The smallest absolute Gasteiger partial charge is 0.456 e. The number of aliphatic hydroxyl groups is 1. The van der Waals surface area contributed by atoms with Gasteiger partial charge in [-0.1, -0.05) is 19.1 Å². The third-order valence-electron chi connectivity index (χ3n) is 7.36. The fraction of sp³-hybridized carbons (Fsp3) is 0.407. The van der Waals surface area contributed by atoms with E-state index in [9.17, 15) is 29.2 Å². The number of carbonyl (C=O) groups excluding carboxylic acids is 2. The van der Waals surface area contributed by atoms with Crippen LogP contribution in [0.3, 0.4) is 0 Å². The van der Waals surface area contributed by atoms with Crippen LogP contribution in [0.15, 0.2) is 59.1 Å². The Balaban J connectivity index is 0.000000782. The number of benzene rings is 2. The first-order valence-corrected chi connectivity index (χ1v) is 15.7. The number of phosphoric acid groups is 1. The summed E-state index contributed by atoms with van der Waals surface area (Å²) in [7, 11) is -4.64. The first kappa shape index (κ1) is 32.7. The topological polar surface area (TPSA) is 191 Å². The predicted molar refractivity (Wildman–Crippen MR) is 152 cm³/mol. The molecule has 3 heterocycles. The number of esters is 1. The number of hydrogen-bond acceptors (Lipinski definition) is 9. The van der Waals surface area contributed by atoms with Crippen LogP contribution >= 0.6 is 19.6 Å². The van der Waals surface area contributed by atoms with Crippen molar-refractivity contribution in [2.75, 3.05) is 13.1 Å². The highest BCUT2D eigenvalue weighted by Crippen LogP contribution is 2.52. The second-order valence-electron chi connectivity index (χ2n) is 10.5. The summed E-state index contributed by atoms with van der Waals surface area (Å²) in [6.45, 7) is 5.72. The van der Waals surface area contributed by atoms with Gasteiger partial charge in [0, 0.05) is 47.8 Å². The third-order valence-corrected chi connectivity index (χ3v) is 8.81. The number of carbonyl (C=O) groups is 2. The first-order valence-electron chi connectivity index (χ1n) is 13.2. The maximum absolute atomic E-state index is 13.3. The van der Waals surface area contributed by atoms with Crippen LogP contribution in [0.1, 0.15) is 25.0 Å². The van der Waals surface area contributed by atoms with Crippen molar-refractivity contribution < 1.29 is 48.0 Å². The van der Waals surface area contributed by atoms with Crippen molar-refractivity contribution in [1.82, 2.24) is 9.80 Å². The average molecular weight is 640 g/mol. The first-order chi connectivity index (χ1) is 20.1. The van der Waals surface area contributed by atoms with Gasteiger partial charge in [-0.25, -0.2) is 13.8 Å². The molecule has 2 saturated heterocycles. The number of aliphatic hydroxyl groups excluding tert-OH is 1. The second kappa shape index (κ2) is 13.2. The van der Waals surface area contributed by atoms with Crippen molar-refractivity contribution in [3.63, 3.8) is 0 Å².